The van der Waals surface area contributed by atoms with Crippen molar-refractivity contribution in [2.75, 3.05) is 6.54 Å². The highest BCUT2D eigenvalue weighted by atomic mass is 16.2. The van der Waals surface area contributed by atoms with Gasteiger partial charge in [0, 0.05) is 18.8 Å². The van der Waals surface area contributed by atoms with Gasteiger partial charge in [-0.1, -0.05) is 44.2 Å². The Balaban J connectivity index is 1.91. The fourth-order valence-electron chi connectivity index (χ4n) is 3.30. The number of hydrogen-bond acceptors (Lipinski definition) is 4. The summed E-state index contributed by atoms with van der Waals surface area (Å²) < 4.78 is 1.38. The van der Waals surface area contributed by atoms with Gasteiger partial charge in [0.1, 0.15) is 0 Å². The van der Waals surface area contributed by atoms with Gasteiger partial charge in [0.15, 0.2) is 5.65 Å². The molecule has 2 N–H and O–H groups in total. The molecule has 0 spiro atoms. The maximum atomic E-state index is 12.9. The lowest BCUT2D eigenvalue weighted by molar-refractivity contribution is 0.0954. The molecule has 0 saturated carbocycles. The van der Waals surface area contributed by atoms with E-state index in [2.05, 4.69) is 27.4 Å². The molecule has 7 heteroatoms. The summed E-state index contributed by atoms with van der Waals surface area (Å²) in [5.41, 5.74) is 1.27. The van der Waals surface area contributed by atoms with E-state index in [-0.39, 0.29) is 28.4 Å². The largest absolute Gasteiger partial charge is 0.352 e. The molecule has 0 radical (unpaired) electrons. The Kier molecular flexibility index (Phi) is 6.26. The summed E-state index contributed by atoms with van der Waals surface area (Å²) in [4.78, 5) is 44.4. The number of amides is 1. The molecule has 0 aliphatic carbocycles. The summed E-state index contributed by atoms with van der Waals surface area (Å²) in [6.07, 6.45) is 1.64. The van der Waals surface area contributed by atoms with Crippen molar-refractivity contribution in [3.63, 3.8) is 0 Å². The predicted molar refractivity (Wildman–Crippen MR) is 113 cm³/mol. The van der Waals surface area contributed by atoms with Gasteiger partial charge in [0.2, 0.25) is 0 Å². The number of fused-ring (bicyclic) bond motifs is 1. The summed E-state index contributed by atoms with van der Waals surface area (Å²) in [5, 5.41) is 3.05. The SMILES string of the molecule is CCn1c(=O)[nH]c(=O)c2c(C(=O)NCCCc3ccccc3)cc(C(C)C)nc21. The van der Waals surface area contributed by atoms with Gasteiger partial charge >= 0.3 is 5.69 Å². The first-order valence-corrected chi connectivity index (χ1v) is 9.92. The number of carbonyl (C=O) groups is 1. The molecule has 29 heavy (non-hydrogen) atoms. The van der Waals surface area contributed by atoms with Crippen LogP contribution in [0.2, 0.25) is 0 Å². The van der Waals surface area contributed by atoms with Crippen molar-refractivity contribution < 1.29 is 4.79 Å². The van der Waals surface area contributed by atoms with Crippen LogP contribution in [0.25, 0.3) is 11.0 Å². The first-order valence-electron chi connectivity index (χ1n) is 9.92. The molecule has 0 bridgehead atoms. The second-order valence-corrected chi connectivity index (χ2v) is 7.30. The summed E-state index contributed by atoms with van der Waals surface area (Å²) in [6, 6.07) is 11.7. The molecular weight excluding hydrogens is 368 g/mol. The zero-order chi connectivity index (χ0) is 21.0. The second-order valence-electron chi connectivity index (χ2n) is 7.30. The van der Waals surface area contributed by atoms with Crippen LogP contribution in [0.4, 0.5) is 0 Å². The molecule has 0 aliphatic heterocycles. The van der Waals surface area contributed by atoms with Crippen LogP contribution in [-0.4, -0.2) is 27.0 Å². The normalized spacial score (nSPS) is 11.2. The minimum atomic E-state index is -0.591. The van der Waals surface area contributed by atoms with Gasteiger partial charge in [-0.3, -0.25) is 19.1 Å². The van der Waals surface area contributed by atoms with Crippen LogP contribution in [0, 0.1) is 0 Å². The number of rotatable bonds is 7. The Hall–Kier alpha value is -3.22. The molecular formula is C22H26N4O3. The molecule has 2 aromatic heterocycles. The second kappa shape index (κ2) is 8.86. The Morgan fingerprint density at radius 1 is 1.21 bits per heavy atom. The molecule has 0 atom stereocenters. The van der Waals surface area contributed by atoms with Crippen LogP contribution in [-0.2, 0) is 13.0 Å². The fourth-order valence-corrected chi connectivity index (χ4v) is 3.30. The Morgan fingerprint density at radius 2 is 1.93 bits per heavy atom. The number of H-pyrrole nitrogens is 1. The predicted octanol–water partition coefficient (Wildman–Crippen LogP) is 2.59. The van der Waals surface area contributed by atoms with Crippen LogP contribution < -0.4 is 16.6 Å². The van der Waals surface area contributed by atoms with Gasteiger partial charge in [0.25, 0.3) is 11.5 Å². The van der Waals surface area contributed by atoms with E-state index in [0.717, 1.165) is 12.8 Å². The van der Waals surface area contributed by atoms with Crippen molar-refractivity contribution in [1.29, 1.82) is 0 Å². The number of pyridine rings is 1. The lowest BCUT2D eigenvalue weighted by Crippen LogP contribution is -2.33. The number of aromatic amines is 1. The summed E-state index contributed by atoms with van der Waals surface area (Å²) >= 11 is 0. The number of aromatic nitrogens is 3. The van der Waals surface area contributed by atoms with Crippen LogP contribution in [0.5, 0.6) is 0 Å². The van der Waals surface area contributed by atoms with Gasteiger partial charge in [-0.15, -0.1) is 0 Å². The molecule has 7 nitrogen and oxygen atoms in total. The Morgan fingerprint density at radius 3 is 2.59 bits per heavy atom. The molecule has 0 unspecified atom stereocenters. The summed E-state index contributed by atoms with van der Waals surface area (Å²) in [6.45, 7) is 6.54. The van der Waals surface area contributed by atoms with Crippen molar-refractivity contribution in [3.8, 4) is 0 Å². The van der Waals surface area contributed by atoms with Gasteiger partial charge in [-0.2, -0.15) is 0 Å². The average Bonchev–Trinajstić information content (AvgIpc) is 2.71. The monoisotopic (exact) mass is 394 g/mol. The van der Waals surface area contributed by atoms with E-state index >= 15 is 0 Å². The zero-order valence-electron chi connectivity index (χ0n) is 17.0. The lowest BCUT2D eigenvalue weighted by atomic mass is 10.0. The highest BCUT2D eigenvalue weighted by molar-refractivity contribution is 6.05. The van der Waals surface area contributed by atoms with Crippen molar-refractivity contribution in [2.45, 2.75) is 46.1 Å². The first-order chi connectivity index (χ1) is 13.9. The van der Waals surface area contributed by atoms with Gasteiger partial charge in [0.05, 0.1) is 10.9 Å². The number of carbonyl (C=O) groups excluding carboxylic acids is 1. The molecule has 3 rings (SSSR count). The van der Waals surface area contributed by atoms with E-state index in [4.69, 9.17) is 0 Å². The first kappa shape index (κ1) is 20.5. The quantitative estimate of drug-likeness (QED) is 0.602. The highest BCUT2D eigenvalue weighted by Gasteiger charge is 2.19. The average molecular weight is 394 g/mol. The Labute approximate surface area is 168 Å². The van der Waals surface area contributed by atoms with E-state index in [9.17, 15) is 14.4 Å². The van der Waals surface area contributed by atoms with E-state index in [0.29, 0.717) is 18.8 Å². The number of hydrogen-bond donors (Lipinski definition) is 2. The summed E-state index contributed by atoms with van der Waals surface area (Å²) in [7, 11) is 0. The topological polar surface area (TPSA) is 96.9 Å². The third-order valence-corrected chi connectivity index (χ3v) is 4.89. The van der Waals surface area contributed by atoms with Crippen molar-refractivity contribution in [3.05, 3.63) is 74.1 Å². The maximum absolute atomic E-state index is 12.9. The third kappa shape index (κ3) is 4.45. The van der Waals surface area contributed by atoms with E-state index in [1.807, 2.05) is 32.0 Å². The standard InChI is InChI=1S/C22H26N4O3/c1-4-26-19-18(21(28)25-22(26)29)16(13-17(24-19)14(2)3)20(27)23-12-8-11-15-9-6-5-7-10-15/h5-7,9-10,13-14H,4,8,11-12H2,1-3H3,(H,23,27)(H,25,28,29). The van der Waals surface area contributed by atoms with Crippen LogP contribution >= 0.6 is 0 Å². The number of benzene rings is 1. The van der Waals surface area contributed by atoms with E-state index in [1.54, 1.807) is 13.0 Å². The molecule has 1 aromatic carbocycles. The lowest BCUT2D eigenvalue weighted by Gasteiger charge is -2.14. The van der Waals surface area contributed by atoms with Gasteiger partial charge < -0.3 is 5.32 Å². The molecule has 1 amide bonds. The number of nitrogens with one attached hydrogen (secondary N) is 2. The third-order valence-electron chi connectivity index (χ3n) is 4.89. The van der Waals surface area contributed by atoms with E-state index < -0.39 is 11.2 Å². The summed E-state index contributed by atoms with van der Waals surface area (Å²) in [5.74, 6) is -0.289. The zero-order valence-corrected chi connectivity index (χ0v) is 17.0. The van der Waals surface area contributed by atoms with Gasteiger partial charge in [-0.25, -0.2) is 9.78 Å². The molecule has 0 fully saturated rings. The molecule has 3 aromatic rings. The maximum Gasteiger partial charge on any atom is 0.329 e. The fraction of sp³-hybridized carbons (Fsp3) is 0.364. The van der Waals surface area contributed by atoms with Gasteiger partial charge in [-0.05, 0) is 37.3 Å². The smallest absolute Gasteiger partial charge is 0.329 e. The Bertz CT molecular complexity index is 1130. The van der Waals surface area contributed by atoms with Crippen LogP contribution in [0.3, 0.4) is 0 Å². The highest BCUT2D eigenvalue weighted by Crippen LogP contribution is 2.19. The minimum absolute atomic E-state index is 0.0451. The molecule has 0 aliphatic rings. The number of aryl methyl sites for hydroxylation is 2. The van der Waals surface area contributed by atoms with Crippen LogP contribution in [0.15, 0.2) is 46.0 Å². The molecule has 152 valence electrons. The van der Waals surface area contributed by atoms with Crippen molar-refractivity contribution >= 4 is 16.9 Å². The van der Waals surface area contributed by atoms with E-state index in [1.165, 1.54) is 10.1 Å². The minimum Gasteiger partial charge on any atom is -0.352 e. The molecule has 0 saturated heterocycles. The van der Waals surface area contributed by atoms with Crippen LogP contribution in [0.1, 0.15) is 54.7 Å². The molecule has 2 heterocycles. The number of nitrogens with zero attached hydrogens (tertiary/aromatic N) is 2. The van der Waals surface area contributed by atoms with Crippen molar-refractivity contribution in [2.24, 2.45) is 0 Å². The van der Waals surface area contributed by atoms with Crippen molar-refractivity contribution in [1.82, 2.24) is 19.9 Å².